The van der Waals surface area contributed by atoms with Gasteiger partial charge in [0.15, 0.2) is 11.3 Å². The Morgan fingerprint density at radius 1 is 0.654 bits per heavy atom. The molecule has 0 saturated carbocycles. The van der Waals surface area contributed by atoms with Gasteiger partial charge in [-0.25, -0.2) is 42.9 Å². The summed E-state index contributed by atoms with van der Waals surface area (Å²) in [7, 11) is 0. The molecular weight excluding hydrogens is 1070 g/mol. The van der Waals surface area contributed by atoms with Crippen LogP contribution in [0.25, 0.3) is 87.4 Å². The van der Waals surface area contributed by atoms with Gasteiger partial charge in [0.2, 0.25) is 10.9 Å². The van der Waals surface area contributed by atoms with Gasteiger partial charge in [-0.15, -0.1) is 22.7 Å². The zero-order valence-electron chi connectivity index (χ0n) is 44.0. The fraction of sp³-hybridized carbons (Fsp3) is 0.169. The van der Waals surface area contributed by atoms with Crippen LogP contribution in [0.2, 0.25) is 0 Å². The molecule has 0 aliphatic heterocycles. The molecule has 0 aliphatic carbocycles. The van der Waals surface area contributed by atoms with Gasteiger partial charge in [0.05, 0.1) is 48.5 Å². The first-order chi connectivity index (χ1) is 38.9. The molecule has 0 bridgehead atoms. The monoisotopic (exact) mass is 1120 g/mol. The number of nitrogens with zero attached hydrogens (tertiary/aromatic N) is 8. The molecule has 81 heavy (non-hydrogen) atoms. The van der Waals surface area contributed by atoms with Crippen molar-refractivity contribution in [1.82, 2.24) is 44.8 Å². The zero-order chi connectivity index (χ0) is 57.0. The fourth-order valence-corrected chi connectivity index (χ4v) is 12.1. The average molecular weight is 1130 g/mol. The molecule has 1 amide bonds. The van der Waals surface area contributed by atoms with Crippen LogP contribution in [-0.2, 0) is 6.54 Å². The van der Waals surface area contributed by atoms with Crippen LogP contribution in [0, 0.1) is 17.0 Å². The Hall–Kier alpha value is -9.51. The molecule has 0 aliphatic rings. The van der Waals surface area contributed by atoms with Gasteiger partial charge in [-0.3, -0.25) is 9.59 Å². The van der Waals surface area contributed by atoms with E-state index >= 15 is 0 Å². The second-order valence-corrected chi connectivity index (χ2v) is 22.4. The largest absolute Gasteiger partial charge is 0.465 e. The molecule has 0 fully saturated rings. The van der Waals surface area contributed by atoms with Crippen LogP contribution in [0.15, 0.2) is 152 Å². The van der Waals surface area contributed by atoms with E-state index in [-0.39, 0.29) is 39.4 Å². The number of nitrogen functional groups attached to an aromatic ring is 2. The molecule has 0 spiro atoms. The van der Waals surface area contributed by atoms with Crippen molar-refractivity contribution in [3.05, 3.63) is 187 Å². The Bertz CT molecular complexity index is 4540. The summed E-state index contributed by atoms with van der Waals surface area (Å²) in [5, 5.41) is 23.8. The highest BCUT2D eigenvalue weighted by atomic mass is 32.1. The van der Waals surface area contributed by atoms with Crippen LogP contribution in [0.3, 0.4) is 0 Å². The predicted molar refractivity (Wildman–Crippen MR) is 311 cm³/mol. The minimum Gasteiger partial charge on any atom is -0.465 e. The molecule has 0 radical (unpaired) electrons. The van der Waals surface area contributed by atoms with Crippen LogP contribution < -0.4 is 33.4 Å². The van der Waals surface area contributed by atoms with E-state index in [1.165, 1.54) is 59.6 Å². The molecule has 12 rings (SSSR count). The lowest BCUT2D eigenvalue weighted by Gasteiger charge is -2.29. The molecule has 408 valence electrons. The molecule has 8 N–H and O–H groups in total. The fourth-order valence-electron chi connectivity index (χ4n) is 9.93. The number of fused-ring (bicyclic) bond motifs is 4. The highest BCUT2D eigenvalue weighted by Gasteiger charge is 2.32. The van der Waals surface area contributed by atoms with Gasteiger partial charge in [-0.05, 0) is 103 Å². The van der Waals surface area contributed by atoms with Crippen LogP contribution in [0.4, 0.5) is 25.2 Å². The van der Waals surface area contributed by atoms with E-state index in [2.05, 4.69) is 25.3 Å². The summed E-state index contributed by atoms with van der Waals surface area (Å²) in [5.74, 6) is 0.157. The van der Waals surface area contributed by atoms with E-state index in [0.29, 0.717) is 78.8 Å². The first kappa shape index (κ1) is 53.5. The third-order valence-electron chi connectivity index (χ3n) is 13.8. The Balaban J connectivity index is 0.000000173. The SMILES string of the molecule is CC(c1oc2ccccc2c(=O)c1-c1cccc(F)c1)n1nc(-c2ccc(C(NC(=O)O)C(C)(C)C)s2)c2c(N)ncnc21.CC(c1oc2ccccc2c(=O)c1-c1cccc(F)c1)n1nc(-c2ccc(CN)s2)c2c(N)ncnc21. The third kappa shape index (κ3) is 9.93. The summed E-state index contributed by atoms with van der Waals surface area (Å²) in [4.78, 5) is 59.9. The number of rotatable bonds is 11. The van der Waals surface area contributed by atoms with Crippen LogP contribution >= 0.6 is 22.7 Å². The molecule has 3 unspecified atom stereocenters. The van der Waals surface area contributed by atoms with E-state index in [1.807, 2.05) is 58.9 Å². The second-order valence-electron chi connectivity index (χ2n) is 20.1. The molecule has 18 nitrogen and oxygen atoms in total. The first-order valence-electron chi connectivity index (χ1n) is 25.4. The molecule has 8 heterocycles. The molecule has 8 aromatic heterocycles. The van der Waals surface area contributed by atoms with Gasteiger partial charge in [0.1, 0.15) is 82.1 Å². The van der Waals surface area contributed by atoms with Gasteiger partial charge in [-0.2, -0.15) is 10.2 Å². The van der Waals surface area contributed by atoms with Gasteiger partial charge in [0.25, 0.3) is 0 Å². The lowest BCUT2D eigenvalue weighted by Crippen LogP contribution is -2.35. The minimum absolute atomic E-state index is 0.208. The minimum atomic E-state index is -1.12. The van der Waals surface area contributed by atoms with Crippen molar-refractivity contribution in [3.8, 4) is 43.4 Å². The van der Waals surface area contributed by atoms with Gasteiger partial charge < -0.3 is 36.5 Å². The number of carboxylic acid groups (broad SMARTS) is 1. The van der Waals surface area contributed by atoms with Crippen molar-refractivity contribution in [1.29, 1.82) is 0 Å². The quantitative estimate of drug-likeness (QED) is 0.0805. The Labute approximate surface area is 467 Å². The van der Waals surface area contributed by atoms with E-state index in [9.17, 15) is 28.3 Å². The summed E-state index contributed by atoms with van der Waals surface area (Å²) in [6, 6.07) is 31.5. The summed E-state index contributed by atoms with van der Waals surface area (Å²) >= 11 is 2.89. The van der Waals surface area contributed by atoms with E-state index in [0.717, 1.165) is 19.5 Å². The lowest BCUT2D eigenvalue weighted by molar-refractivity contribution is 0.175. The van der Waals surface area contributed by atoms with Crippen molar-refractivity contribution in [2.75, 3.05) is 11.5 Å². The van der Waals surface area contributed by atoms with Crippen molar-refractivity contribution in [3.63, 3.8) is 0 Å². The number of para-hydroxylation sites is 2. The summed E-state index contributed by atoms with van der Waals surface area (Å²) in [6.07, 6.45) is 1.59. The maximum atomic E-state index is 14.4. The maximum Gasteiger partial charge on any atom is 0.405 e. The summed E-state index contributed by atoms with van der Waals surface area (Å²) in [5.41, 5.74) is 21.6. The van der Waals surface area contributed by atoms with Crippen molar-refractivity contribution in [2.45, 2.75) is 59.3 Å². The Morgan fingerprint density at radius 2 is 1.12 bits per heavy atom. The molecule has 12 aromatic rings. The average Bonchev–Trinajstić information content (AvgIpc) is 3.94. The highest BCUT2D eigenvalue weighted by molar-refractivity contribution is 7.16. The van der Waals surface area contributed by atoms with Crippen LogP contribution in [-0.4, -0.2) is 50.7 Å². The number of hydrogen-bond donors (Lipinski definition) is 5. The summed E-state index contributed by atoms with van der Waals surface area (Å²) in [6.45, 7) is 9.94. The van der Waals surface area contributed by atoms with Gasteiger partial charge in [-0.1, -0.05) is 69.3 Å². The van der Waals surface area contributed by atoms with E-state index in [4.69, 9.17) is 36.2 Å². The molecule has 3 atom stereocenters. The summed E-state index contributed by atoms with van der Waals surface area (Å²) < 4.78 is 44.6. The topological polar surface area (TPSA) is 275 Å². The first-order valence-corrected chi connectivity index (χ1v) is 27.0. The highest BCUT2D eigenvalue weighted by Crippen LogP contribution is 2.43. The van der Waals surface area contributed by atoms with Crippen LogP contribution in [0.1, 0.15) is 74.0 Å². The molecule has 22 heteroatoms. The standard InChI is InChI=1S/C32H29FN6O4S.C27H21FN6O2S/c1-16(27-23(17-8-7-9-18(33)14-17)26(40)19-10-5-6-11-20(19)43-27)39-30-24(29(34)35-15-36-30)25(38-39)21-12-13-22(44-21)28(32(2,3)4)37-31(41)42;1-14(34-27-22(26(30)31-13-32-27)23(33-34)20-10-9-17(12-29)37-20)25-21(15-5-4-6-16(28)11-15)24(35)18-7-2-3-8-19(18)36-25/h5-16,28,37H,1-4H3,(H,41,42)(H2,34,35,36);2-11,13-14H,12,29H2,1H3,(H2,30,31,32). The second kappa shape index (κ2) is 21.3. The maximum absolute atomic E-state index is 14.4. The molecule has 4 aromatic carbocycles. The number of nitrogens with two attached hydrogens (primary N) is 3. The third-order valence-corrected chi connectivity index (χ3v) is 16.1. The predicted octanol–water partition coefficient (Wildman–Crippen LogP) is 12.1. The number of thiophene rings is 2. The van der Waals surface area contributed by atoms with Crippen molar-refractivity contribution in [2.24, 2.45) is 11.1 Å². The number of hydrogen-bond acceptors (Lipinski definition) is 16. The number of anilines is 2. The Morgan fingerprint density at radius 3 is 1.57 bits per heavy atom. The molecule has 0 saturated heterocycles. The van der Waals surface area contributed by atoms with Crippen molar-refractivity contribution >= 4 is 84.4 Å². The van der Waals surface area contributed by atoms with E-state index < -0.39 is 41.3 Å². The normalized spacial score (nSPS) is 12.9. The molecular formula is C59H50F2N12O6S2. The van der Waals surface area contributed by atoms with Gasteiger partial charge in [0, 0.05) is 16.3 Å². The number of amides is 1. The number of benzene rings is 4. The lowest BCUT2D eigenvalue weighted by atomic mass is 9.86. The number of nitrogens with one attached hydrogen (secondary N) is 1. The van der Waals surface area contributed by atoms with Gasteiger partial charge >= 0.3 is 6.09 Å². The van der Waals surface area contributed by atoms with Crippen LogP contribution in [0.5, 0.6) is 0 Å². The number of carbonyl (C=O) groups is 1. The Kier molecular flexibility index (Phi) is 14.0. The number of halogens is 2. The smallest absolute Gasteiger partial charge is 0.405 e. The van der Waals surface area contributed by atoms with Crippen molar-refractivity contribution < 1.29 is 27.5 Å². The zero-order valence-corrected chi connectivity index (χ0v) is 45.6. The number of aromatic nitrogens is 8. The van der Waals surface area contributed by atoms with E-state index in [1.54, 1.807) is 82.2 Å².